The first-order valence-electron chi connectivity index (χ1n) is 7.50. The van der Waals surface area contributed by atoms with Gasteiger partial charge in [-0.2, -0.15) is 0 Å². The lowest BCUT2D eigenvalue weighted by molar-refractivity contribution is -0.153. The first kappa shape index (κ1) is 19.2. The fourth-order valence-corrected chi connectivity index (χ4v) is 2.73. The van der Waals surface area contributed by atoms with Crippen LogP contribution in [0.25, 0.3) is 0 Å². The highest BCUT2D eigenvalue weighted by Crippen LogP contribution is 2.54. The van der Waals surface area contributed by atoms with Crippen molar-refractivity contribution >= 4 is 20.0 Å². The summed E-state index contributed by atoms with van der Waals surface area (Å²) >= 11 is 0. The minimum absolute atomic E-state index is 0.0463. The number of hydrogen-bond acceptors (Lipinski definition) is 8. The van der Waals surface area contributed by atoms with E-state index >= 15 is 0 Å². The molecule has 0 radical (unpaired) electrons. The monoisotopic (exact) mass is 376 g/mol. The van der Waals surface area contributed by atoms with Crippen LogP contribution in [0.4, 0.5) is 8.99 Å². The molecule has 1 aromatic rings. The molecule has 1 aliphatic rings. The third-order valence-corrected chi connectivity index (χ3v) is 3.91. The summed E-state index contributed by atoms with van der Waals surface area (Å²) in [6.45, 7) is 2.62. The van der Waals surface area contributed by atoms with Gasteiger partial charge in [0.1, 0.15) is 5.75 Å². The maximum Gasteiger partial charge on any atom is 0.570 e. The number of rotatable bonds is 6. The quantitative estimate of drug-likeness (QED) is 0.421. The molecule has 1 unspecified atom stereocenters. The van der Waals surface area contributed by atoms with Gasteiger partial charge in [-0.25, -0.2) is 9.36 Å². The van der Waals surface area contributed by atoms with Crippen molar-refractivity contribution < 1.29 is 41.6 Å². The van der Waals surface area contributed by atoms with E-state index in [1.807, 2.05) is 0 Å². The van der Waals surface area contributed by atoms with E-state index < -0.39 is 26.8 Å². The highest BCUT2D eigenvalue weighted by molar-refractivity contribution is 7.48. The molecule has 1 atom stereocenters. The maximum atomic E-state index is 13.2. The Balaban J connectivity index is 1.75. The van der Waals surface area contributed by atoms with Crippen LogP contribution in [-0.4, -0.2) is 25.0 Å². The van der Waals surface area contributed by atoms with E-state index in [4.69, 9.17) is 9.47 Å². The van der Waals surface area contributed by atoms with Crippen LogP contribution < -0.4 is 4.52 Å². The average Bonchev–Trinajstić information content (AvgIpc) is 2.51. The number of aryl methyl sites for hydroxylation is 1. The largest absolute Gasteiger partial charge is 0.570 e. The Morgan fingerprint density at radius 1 is 1.32 bits per heavy atom. The van der Waals surface area contributed by atoms with Crippen LogP contribution in [0.15, 0.2) is 18.2 Å². The number of esters is 1. The van der Waals surface area contributed by atoms with E-state index in [9.17, 15) is 18.4 Å². The first-order chi connectivity index (χ1) is 11.7. The Kier molecular flexibility index (Phi) is 6.39. The molecule has 0 aliphatic carbocycles. The van der Waals surface area contributed by atoms with E-state index in [-0.39, 0.29) is 24.9 Å². The van der Waals surface area contributed by atoms with Crippen LogP contribution in [0.3, 0.4) is 0 Å². The van der Waals surface area contributed by atoms with Gasteiger partial charge in [0, 0.05) is 12.0 Å². The van der Waals surface area contributed by atoms with E-state index in [0.29, 0.717) is 12.0 Å². The summed E-state index contributed by atoms with van der Waals surface area (Å²) in [5, 5.41) is 0. The molecule has 2 rings (SSSR count). The molecule has 0 amide bonds. The lowest BCUT2D eigenvalue weighted by atomic mass is 10.1. The SMILES string of the molecule is CC(C)OC(=O)OCOC(=O)CCc1ccc2c(c1)COP(=O)(F)O2. The summed E-state index contributed by atoms with van der Waals surface area (Å²) in [7, 11) is -4.52. The van der Waals surface area contributed by atoms with Crippen molar-refractivity contribution in [1.82, 2.24) is 0 Å². The van der Waals surface area contributed by atoms with Crippen LogP contribution in [0.5, 0.6) is 5.75 Å². The van der Waals surface area contributed by atoms with Gasteiger partial charge in [-0.05, 0) is 38.0 Å². The summed E-state index contributed by atoms with van der Waals surface area (Å²) < 4.78 is 47.4. The molecular weight excluding hydrogens is 358 g/mol. The van der Waals surface area contributed by atoms with Crippen LogP contribution in [0.2, 0.25) is 0 Å². The normalized spacial score (nSPS) is 18.9. The molecule has 0 saturated carbocycles. The summed E-state index contributed by atoms with van der Waals surface area (Å²) in [6.07, 6.45) is -0.852. The minimum Gasteiger partial charge on any atom is -0.431 e. The summed E-state index contributed by atoms with van der Waals surface area (Å²) in [5.74, 6) is -0.406. The number of hydrogen-bond donors (Lipinski definition) is 0. The van der Waals surface area contributed by atoms with Crippen molar-refractivity contribution in [2.24, 2.45) is 0 Å². The highest BCUT2D eigenvalue weighted by atomic mass is 31.2. The molecule has 10 heteroatoms. The van der Waals surface area contributed by atoms with Gasteiger partial charge in [0.2, 0.25) is 6.79 Å². The highest BCUT2D eigenvalue weighted by Gasteiger charge is 2.32. The van der Waals surface area contributed by atoms with Gasteiger partial charge in [-0.1, -0.05) is 6.07 Å². The van der Waals surface area contributed by atoms with Gasteiger partial charge in [-0.3, -0.25) is 9.32 Å². The molecular formula is C15H18FO8P. The predicted octanol–water partition coefficient (Wildman–Crippen LogP) is 3.67. The summed E-state index contributed by atoms with van der Waals surface area (Å²) in [5.41, 5.74) is 1.30. The number of fused-ring (bicyclic) bond motifs is 1. The molecule has 0 saturated heterocycles. The third-order valence-electron chi connectivity index (χ3n) is 3.05. The van der Waals surface area contributed by atoms with Gasteiger partial charge in [-0.15, -0.1) is 4.20 Å². The molecule has 1 aliphatic heterocycles. The predicted molar refractivity (Wildman–Crippen MR) is 82.6 cm³/mol. The van der Waals surface area contributed by atoms with Crippen LogP contribution >= 0.6 is 7.91 Å². The Hall–Kier alpha value is -2.12. The standard InChI is InChI=1S/C15H18FO8P/c1-10(2)23-15(18)21-9-20-14(17)6-4-11-3-5-13-12(7-11)8-22-25(16,19)24-13/h3,5,7,10H,4,6,8-9H2,1-2H3. The van der Waals surface area contributed by atoms with E-state index in [1.54, 1.807) is 26.0 Å². The van der Waals surface area contributed by atoms with Crippen molar-refractivity contribution in [1.29, 1.82) is 0 Å². The molecule has 25 heavy (non-hydrogen) atoms. The lowest BCUT2D eigenvalue weighted by Gasteiger charge is -2.20. The molecule has 1 heterocycles. The van der Waals surface area contributed by atoms with E-state index in [2.05, 4.69) is 13.8 Å². The Labute approximate surface area is 143 Å². The average molecular weight is 376 g/mol. The van der Waals surface area contributed by atoms with Crippen LogP contribution in [0.1, 0.15) is 31.4 Å². The zero-order chi connectivity index (χ0) is 18.4. The second-order valence-electron chi connectivity index (χ2n) is 5.43. The summed E-state index contributed by atoms with van der Waals surface area (Å²) in [6, 6.07) is 4.75. The molecule has 0 fully saturated rings. The Morgan fingerprint density at radius 2 is 2.08 bits per heavy atom. The maximum absolute atomic E-state index is 13.2. The van der Waals surface area contributed by atoms with Gasteiger partial charge in [0.15, 0.2) is 0 Å². The molecule has 8 nitrogen and oxygen atoms in total. The van der Waals surface area contributed by atoms with Crippen molar-refractivity contribution in [3.63, 3.8) is 0 Å². The fraction of sp³-hybridized carbons (Fsp3) is 0.467. The van der Waals surface area contributed by atoms with Crippen molar-refractivity contribution in [2.45, 2.75) is 39.4 Å². The van der Waals surface area contributed by atoms with Crippen molar-refractivity contribution in [3.8, 4) is 5.75 Å². The van der Waals surface area contributed by atoms with Gasteiger partial charge < -0.3 is 18.7 Å². The van der Waals surface area contributed by atoms with Gasteiger partial charge in [0.05, 0.1) is 12.7 Å². The third kappa shape index (κ3) is 6.36. The molecule has 0 spiro atoms. The topological polar surface area (TPSA) is 97.4 Å². The Bertz CT molecular complexity index is 690. The number of halogens is 1. The number of carbonyl (C=O) groups excluding carboxylic acids is 2. The number of ether oxygens (including phenoxy) is 3. The van der Waals surface area contributed by atoms with Crippen molar-refractivity contribution in [2.75, 3.05) is 6.79 Å². The lowest BCUT2D eigenvalue weighted by Crippen LogP contribution is -2.17. The fourth-order valence-electron chi connectivity index (χ4n) is 1.97. The summed E-state index contributed by atoms with van der Waals surface area (Å²) in [4.78, 5) is 22.7. The first-order valence-corrected chi connectivity index (χ1v) is 8.93. The molecule has 0 aromatic heterocycles. The van der Waals surface area contributed by atoms with E-state index in [1.165, 1.54) is 6.07 Å². The second-order valence-corrected chi connectivity index (χ2v) is 6.73. The van der Waals surface area contributed by atoms with Crippen molar-refractivity contribution in [3.05, 3.63) is 29.3 Å². The van der Waals surface area contributed by atoms with Gasteiger partial charge >= 0.3 is 20.0 Å². The molecule has 0 bridgehead atoms. The van der Waals surface area contributed by atoms with Crippen LogP contribution in [-0.2, 0) is 41.1 Å². The second kappa shape index (κ2) is 8.31. The number of carbonyl (C=O) groups is 2. The van der Waals surface area contributed by atoms with Gasteiger partial charge in [0.25, 0.3) is 0 Å². The smallest absolute Gasteiger partial charge is 0.431 e. The minimum atomic E-state index is -4.52. The zero-order valence-electron chi connectivity index (χ0n) is 13.7. The zero-order valence-corrected chi connectivity index (χ0v) is 14.6. The molecule has 138 valence electrons. The van der Waals surface area contributed by atoms with E-state index in [0.717, 1.165) is 5.56 Å². The molecule has 0 N–H and O–H groups in total. The molecule has 1 aromatic carbocycles. The Morgan fingerprint density at radius 3 is 2.80 bits per heavy atom. The van der Waals surface area contributed by atoms with Crippen LogP contribution in [0, 0.1) is 0 Å². The number of benzene rings is 1.